The van der Waals surface area contributed by atoms with Crippen LogP contribution in [0.2, 0.25) is 0 Å². The average Bonchev–Trinajstić information content (AvgIpc) is 2.61. The first kappa shape index (κ1) is 16.2. The molecule has 2 heterocycles. The molecule has 126 valence electrons. The lowest BCUT2D eigenvalue weighted by atomic mass is 9.86. The van der Waals surface area contributed by atoms with Crippen LogP contribution in [-0.2, 0) is 26.3 Å². The van der Waals surface area contributed by atoms with Gasteiger partial charge in [0.15, 0.2) is 0 Å². The van der Waals surface area contributed by atoms with Crippen LogP contribution in [0.25, 0.3) is 0 Å². The maximum absolute atomic E-state index is 12.3. The second kappa shape index (κ2) is 7.29. The first-order valence-corrected chi connectivity index (χ1v) is 8.15. The minimum Gasteiger partial charge on any atom is -0.381 e. The van der Waals surface area contributed by atoms with Gasteiger partial charge in [0.25, 0.3) is 0 Å². The number of nitrogens with one attached hydrogen (secondary N) is 1. The zero-order valence-electron chi connectivity index (χ0n) is 13.5. The largest absolute Gasteiger partial charge is 0.381 e. The van der Waals surface area contributed by atoms with Crippen molar-refractivity contribution < 1.29 is 19.1 Å². The Morgan fingerprint density at radius 2 is 2.22 bits per heavy atom. The van der Waals surface area contributed by atoms with Crippen LogP contribution in [0.1, 0.15) is 24.0 Å². The summed E-state index contributed by atoms with van der Waals surface area (Å²) in [5, 5.41) is 4.35. The third kappa shape index (κ3) is 3.49. The summed E-state index contributed by atoms with van der Waals surface area (Å²) in [6.07, 6.45) is 2.84. The van der Waals surface area contributed by atoms with E-state index < -0.39 is 5.60 Å². The highest BCUT2D eigenvalue weighted by molar-refractivity contribution is 5.73. The zero-order chi connectivity index (χ0) is 16.1. The van der Waals surface area contributed by atoms with E-state index in [0.717, 1.165) is 24.8 Å². The molecule has 2 aliphatic rings. The normalized spacial score (nSPS) is 24.1. The number of methoxy groups -OCH3 is 1. The predicted molar refractivity (Wildman–Crippen MR) is 84.9 cm³/mol. The van der Waals surface area contributed by atoms with Crippen LogP contribution in [0, 0.1) is 0 Å². The lowest BCUT2D eigenvalue weighted by molar-refractivity contribution is -0.142. The smallest absolute Gasteiger partial charge is 0.341 e. The number of nitrogens with zero attached hydrogens (tertiary/aromatic N) is 1. The molecule has 0 aromatic heterocycles. The molecule has 0 unspecified atom stereocenters. The van der Waals surface area contributed by atoms with Crippen molar-refractivity contribution in [3.05, 3.63) is 35.4 Å². The van der Waals surface area contributed by atoms with E-state index in [0.29, 0.717) is 32.9 Å². The maximum Gasteiger partial charge on any atom is 0.341 e. The molecular weight excluding hydrogens is 296 g/mol. The third-order valence-corrected chi connectivity index (χ3v) is 4.39. The number of hydroxylamine groups is 2. The van der Waals surface area contributed by atoms with Crippen molar-refractivity contribution >= 4 is 6.03 Å². The van der Waals surface area contributed by atoms with Gasteiger partial charge >= 0.3 is 6.03 Å². The highest BCUT2D eigenvalue weighted by Crippen LogP contribution is 2.33. The predicted octanol–water partition coefficient (Wildman–Crippen LogP) is 1.84. The molecule has 1 N–H and O–H groups in total. The van der Waals surface area contributed by atoms with Gasteiger partial charge in [0.2, 0.25) is 0 Å². The fourth-order valence-electron chi connectivity index (χ4n) is 3.23. The van der Waals surface area contributed by atoms with Gasteiger partial charge in [-0.25, -0.2) is 9.86 Å². The molecule has 1 atom stereocenters. The molecule has 3 rings (SSSR count). The van der Waals surface area contributed by atoms with Crippen LogP contribution < -0.4 is 5.32 Å². The molecule has 23 heavy (non-hydrogen) atoms. The van der Waals surface area contributed by atoms with Gasteiger partial charge in [-0.3, -0.25) is 4.84 Å². The highest BCUT2D eigenvalue weighted by atomic mass is 16.7. The molecule has 2 amide bonds. The van der Waals surface area contributed by atoms with Gasteiger partial charge in [-0.1, -0.05) is 24.3 Å². The summed E-state index contributed by atoms with van der Waals surface area (Å²) in [4.78, 5) is 17.7. The van der Waals surface area contributed by atoms with Gasteiger partial charge in [0.05, 0.1) is 32.9 Å². The minimum absolute atomic E-state index is 0.216. The summed E-state index contributed by atoms with van der Waals surface area (Å²) in [5.74, 6) is 0. The number of rotatable bonds is 4. The summed E-state index contributed by atoms with van der Waals surface area (Å²) in [6.45, 7) is 2.59. The second-order valence-electron chi connectivity index (χ2n) is 5.98. The summed E-state index contributed by atoms with van der Waals surface area (Å²) < 4.78 is 11.5. The fraction of sp³-hybridized carbons (Fsp3) is 0.588. The highest BCUT2D eigenvalue weighted by Gasteiger charge is 2.38. The summed E-state index contributed by atoms with van der Waals surface area (Å²) in [7, 11) is 1.65. The van der Waals surface area contributed by atoms with Gasteiger partial charge in [-0.2, -0.15) is 0 Å². The molecule has 1 saturated heterocycles. The minimum atomic E-state index is -0.644. The lowest BCUT2D eigenvalue weighted by Crippen LogP contribution is -2.52. The Labute approximate surface area is 136 Å². The zero-order valence-corrected chi connectivity index (χ0v) is 13.5. The first-order chi connectivity index (χ1) is 11.2. The molecule has 2 aliphatic heterocycles. The molecule has 1 fully saturated rings. The number of urea groups is 1. The Morgan fingerprint density at radius 3 is 3.00 bits per heavy atom. The van der Waals surface area contributed by atoms with Crippen molar-refractivity contribution in [2.24, 2.45) is 0 Å². The number of carbonyl (C=O) groups is 1. The van der Waals surface area contributed by atoms with Crippen LogP contribution in [0.3, 0.4) is 0 Å². The summed E-state index contributed by atoms with van der Waals surface area (Å²) >= 11 is 0. The molecule has 0 radical (unpaired) electrons. The van der Waals surface area contributed by atoms with Crippen LogP contribution in [0.15, 0.2) is 24.3 Å². The third-order valence-electron chi connectivity index (χ3n) is 4.39. The second-order valence-corrected chi connectivity index (χ2v) is 5.98. The fourth-order valence-corrected chi connectivity index (χ4v) is 3.23. The molecular formula is C17H24N2O4. The quantitative estimate of drug-likeness (QED) is 0.919. The van der Waals surface area contributed by atoms with Gasteiger partial charge in [-0.05, 0) is 30.4 Å². The van der Waals surface area contributed by atoms with Crippen molar-refractivity contribution in [3.8, 4) is 0 Å². The Kier molecular flexibility index (Phi) is 5.15. The lowest BCUT2D eigenvalue weighted by Gasteiger charge is -2.39. The van der Waals surface area contributed by atoms with E-state index >= 15 is 0 Å². The van der Waals surface area contributed by atoms with Crippen LogP contribution in [0.4, 0.5) is 4.79 Å². The van der Waals surface area contributed by atoms with E-state index in [9.17, 15) is 4.79 Å². The van der Waals surface area contributed by atoms with Gasteiger partial charge in [0.1, 0.15) is 5.60 Å². The molecule has 1 aromatic carbocycles. The van der Waals surface area contributed by atoms with E-state index in [4.69, 9.17) is 14.3 Å². The average molecular weight is 320 g/mol. The summed E-state index contributed by atoms with van der Waals surface area (Å²) in [6, 6.07) is 7.97. The van der Waals surface area contributed by atoms with Crippen LogP contribution in [-0.4, -0.2) is 51.1 Å². The molecule has 6 heteroatoms. The number of ether oxygens (including phenoxy) is 2. The maximum atomic E-state index is 12.3. The Balaban J connectivity index is 1.73. The SMILES string of the molecule is COC[C@@]1(CNC(=O)N2CCCCO2)OCCc2ccccc21. The number of fused-ring (bicyclic) bond motifs is 1. The van der Waals surface area contributed by atoms with Crippen LogP contribution in [0.5, 0.6) is 0 Å². The van der Waals surface area contributed by atoms with Crippen molar-refractivity contribution in [1.82, 2.24) is 10.4 Å². The van der Waals surface area contributed by atoms with Crippen LogP contribution >= 0.6 is 0 Å². The van der Waals surface area contributed by atoms with Crippen molar-refractivity contribution in [3.63, 3.8) is 0 Å². The van der Waals surface area contributed by atoms with Gasteiger partial charge < -0.3 is 14.8 Å². The van der Waals surface area contributed by atoms with Crippen molar-refractivity contribution in [1.29, 1.82) is 0 Å². The summed E-state index contributed by atoms with van der Waals surface area (Å²) in [5.41, 5.74) is 1.70. The Morgan fingerprint density at radius 1 is 1.35 bits per heavy atom. The number of hydrogen-bond donors (Lipinski definition) is 1. The van der Waals surface area contributed by atoms with E-state index in [1.807, 2.05) is 12.1 Å². The number of hydrogen-bond acceptors (Lipinski definition) is 4. The van der Waals surface area contributed by atoms with E-state index in [1.165, 1.54) is 10.6 Å². The molecule has 6 nitrogen and oxygen atoms in total. The molecule has 1 aromatic rings. The molecule has 0 saturated carbocycles. The molecule has 0 aliphatic carbocycles. The molecule has 0 bridgehead atoms. The monoisotopic (exact) mass is 320 g/mol. The van der Waals surface area contributed by atoms with Gasteiger partial charge in [-0.15, -0.1) is 0 Å². The Bertz CT molecular complexity index is 545. The van der Waals surface area contributed by atoms with Gasteiger partial charge in [0, 0.05) is 7.11 Å². The number of benzene rings is 1. The number of carbonyl (C=O) groups excluding carboxylic acids is 1. The van der Waals surface area contributed by atoms with Crippen molar-refractivity contribution in [2.45, 2.75) is 24.9 Å². The standard InChI is InChI=1S/C17H24N2O4/c1-21-13-17(12-18-16(20)19-9-4-5-10-23-19)15-7-3-2-6-14(15)8-11-22-17/h2-3,6-7H,4-5,8-13H2,1H3,(H,18,20)/t17-/m1/s1. The first-order valence-electron chi connectivity index (χ1n) is 8.15. The topological polar surface area (TPSA) is 60.0 Å². The molecule has 0 spiro atoms. The van der Waals surface area contributed by atoms with Crippen molar-refractivity contribution in [2.75, 3.05) is 40.0 Å². The number of amides is 2. The van der Waals surface area contributed by atoms with E-state index in [1.54, 1.807) is 7.11 Å². The van der Waals surface area contributed by atoms with E-state index in [-0.39, 0.29) is 6.03 Å². The van der Waals surface area contributed by atoms with E-state index in [2.05, 4.69) is 17.4 Å². The Hall–Kier alpha value is -1.63.